The monoisotopic (exact) mass is 1430 g/mol. The summed E-state index contributed by atoms with van der Waals surface area (Å²) in [4.78, 5) is 23.8. The van der Waals surface area contributed by atoms with Gasteiger partial charge in [-0.3, -0.25) is 9.13 Å². The summed E-state index contributed by atoms with van der Waals surface area (Å²) in [7, 11) is 0. The highest BCUT2D eigenvalue weighted by molar-refractivity contribution is 6.38. The van der Waals surface area contributed by atoms with Crippen LogP contribution in [0.1, 0.15) is 23.7 Å². The second-order valence-corrected chi connectivity index (χ2v) is 30.8. The smallest absolute Gasteiger partial charge is 0.247 e. The molecule has 0 radical (unpaired) electrons. The van der Waals surface area contributed by atoms with Gasteiger partial charge in [0.15, 0.2) is 11.6 Å². The average Bonchev–Trinajstić information content (AvgIpc) is 1.51. The first-order chi connectivity index (χ1) is 55.4. The van der Waals surface area contributed by atoms with E-state index in [0.717, 1.165) is 154 Å². The molecule has 1 aliphatic carbocycles. The van der Waals surface area contributed by atoms with Gasteiger partial charge in [0, 0.05) is 81.4 Å². The number of rotatable bonds is 6. The van der Waals surface area contributed by atoms with E-state index in [-0.39, 0.29) is 0 Å². The predicted octanol–water partition coefficient (Wildman–Crippen LogP) is 27.2. The highest BCUT2D eigenvalue weighted by Crippen LogP contribution is 2.54. The molecule has 0 saturated heterocycles. The van der Waals surface area contributed by atoms with Crippen molar-refractivity contribution in [1.29, 1.82) is 0 Å². The lowest BCUT2D eigenvalue weighted by Gasteiger charge is -2.27. The number of hydrogen-bond acceptors (Lipinski definition) is 7. The minimum atomic E-state index is -0.663. The minimum absolute atomic E-state index is 0.476. The van der Waals surface area contributed by atoms with Crippen LogP contribution in [0.15, 0.2) is 335 Å². The summed E-state index contributed by atoms with van der Waals surface area (Å²) in [6.45, 7) is 2.40. The Kier molecular flexibility index (Phi) is 11.8. The zero-order valence-electron chi connectivity index (χ0n) is 60.2. The Labute approximate surface area is 636 Å². The largest absolute Gasteiger partial charge is 0.456 e. The molecule has 0 saturated carbocycles. The fourth-order valence-corrected chi connectivity index (χ4v) is 19.9. The molecule has 9 nitrogen and oxygen atoms in total. The molecule has 9 heteroatoms. The Morgan fingerprint density at radius 1 is 0.277 bits per heavy atom. The molecule has 112 heavy (non-hydrogen) atoms. The van der Waals surface area contributed by atoms with E-state index < -0.39 is 5.41 Å². The topological polar surface area (TPSA) is 101 Å². The lowest BCUT2D eigenvalue weighted by molar-refractivity contribution is 0.564. The van der Waals surface area contributed by atoms with E-state index in [9.17, 15) is 0 Å². The maximum Gasteiger partial charge on any atom is 0.247 e. The van der Waals surface area contributed by atoms with Gasteiger partial charge in [0.25, 0.3) is 0 Å². The fourth-order valence-electron chi connectivity index (χ4n) is 19.9. The van der Waals surface area contributed by atoms with Crippen LogP contribution in [0.25, 0.3) is 241 Å². The Morgan fingerprint density at radius 3 is 1.27 bits per heavy atom. The van der Waals surface area contributed by atoms with E-state index in [4.69, 9.17) is 33.2 Å². The van der Waals surface area contributed by atoms with Crippen molar-refractivity contribution in [3.63, 3.8) is 0 Å². The van der Waals surface area contributed by atoms with Crippen LogP contribution in [0.5, 0.6) is 0 Å². The molecule has 1 unspecified atom stereocenters. The number of aromatic nitrogens is 6. The molecule has 0 bridgehead atoms. The summed E-state index contributed by atoms with van der Waals surface area (Å²) in [5.74, 6) is 1.46. The van der Waals surface area contributed by atoms with Gasteiger partial charge in [0.05, 0.1) is 33.5 Å². The molecular weight excluding hydrogens is 1370 g/mol. The molecular formula is C103H58N6O3. The second kappa shape index (κ2) is 22.0. The molecule has 26 rings (SSSR count). The third-order valence-corrected chi connectivity index (χ3v) is 24.8. The van der Waals surface area contributed by atoms with Crippen molar-refractivity contribution in [2.45, 2.75) is 18.8 Å². The first-order valence-electron chi connectivity index (χ1n) is 38.4. The zero-order valence-corrected chi connectivity index (χ0v) is 60.2. The lowest BCUT2D eigenvalue weighted by Crippen LogP contribution is -2.26. The summed E-state index contributed by atoms with van der Waals surface area (Å²) in [5, 5.41) is 28.6. The molecule has 0 spiro atoms. The number of fused-ring (bicyclic) bond motifs is 34. The Hall–Kier alpha value is -14.8. The van der Waals surface area contributed by atoms with Gasteiger partial charge in [-0.25, -0.2) is 19.9 Å². The van der Waals surface area contributed by atoms with E-state index in [1.165, 1.54) is 81.1 Å². The van der Waals surface area contributed by atoms with Crippen LogP contribution in [0, 0.1) is 0 Å². The molecule has 0 fully saturated rings. The zero-order chi connectivity index (χ0) is 72.9. The Balaban J connectivity index is 0.714. The molecule has 0 aliphatic heterocycles. The fraction of sp³-hybridized carbons (Fsp3) is 0.0291. The first-order valence-corrected chi connectivity index (χ1v) is 38.4. The number of para-hydroxylation sites is 3. The molecule has 1 aliphatic rings. The molecule has 7 heterocycles. The van der Waals surface area contributed by atoms with E-state index in [1.807, 2.05) is 36.4 Å². The molecule has 0 amide bonds. The third kappa shape index (κ3) is 8.14. The van der Waals surface area contributed by atoms with E-state index in [1.54, 1.807) is 0 Å². The Morgan fingerprint density at radius 2 is 0.696 bits per heavy atom. The highest BCUT2D eigenvalue weighted by Gasteiger charge is 2.44. The lowest BCUT2D eigenvalue weighted by atomic mass is 9.77. The van der Waals surface area contributed by atoms with Gasteiger partial charge >= 0.3 is 0 Å². The van der Waals surface area contributed by atoms with E-state index in [0.29, 0.717) is 29.2 Å². The van der Waals surface area contributed by atoms with Crippen LogP contribution in [-0.4, -0.2) is 29.1 Å². The van der Waals surface area contributed by atoms with E-state index in [2.05, 4.69) is 301 Å². The van der Waals surface area contributed by atoms with Crippen molar-refractivity contribution >= 4 is 196 Å². The van der Waals surface area contributed by atoms with Crippen molar-refractivity contribution in [2.24, 2.45) is 0 Å². The standard InChI is InChI=1S/C103H58N6O3/c1-103(81-34-16-12-32-74(81)97-99(103)104-95(61-39-46-89-77(51-61)68-29-13-17-35-86(68)110-89)100(105-97)108-82-44-42-71-65-26-7-6-24-63(65)64-25-10-11-31-70(64)91(71)93(82)79-49-57-20-2-4-22-59(57)53-84(79)108)55-56-38-41-73-76(48-56)67-28-9-8-27-66(67)72-43-45-83-94(92(72)73)80-50-58-21-3-5-23-60(58)54-85(80)109(83)101-96(107-102-98(106-101)75-33-15-19-37-88(75)112-102)62-40-47-90-78(52-62)69-30-14-18-36-87(69)111-90/h2-54H,55H2,1H3. The number of hydrogen-bond donors (Lipinski definition) is 0. The summed E-state index contributed by atoms with van der Waals surface area (Å²) in [6, 6.07) is 117. The summed E-state index contributed by atoms with van der Waals surface area (Å²) in [5.41, 5.74) is 17.3. The summed E-state index contributed by atoms with van der Waals surface area (Å²) >= 11 is 0. The van der Waals surface area contributed by atoms with Gasteiger partial charge in [0.2, 0.25) is 5.71 Å². The second-order valence-electron chi connectivity index (χ2n) is 30.8. The highest BCUT2D eigenvalue weighted by atomic mass is 16.3. The van der Waals surface area contributed by atoms with Gasteiger partial charge in [-0.1, -0.05) is 224 Å². The van der Waals surface area contributed by atoms with Crippen LogP contribution in [-0.2, 0) is 11.8 Å². The molecule has 18 aromatic carbocycles. The molecule has 0 N–H and O–H groups in total. The van der Waals surface area contributed by atoms with Crippen LogP contribution in [0.2, 0.25) is 0 Å². The van der Waals surface area contributed by atoms with Gasteiger partial charge in [-0.2, -0.15) is 0 Å². The Bertz CT molecular complexity index is 8570. The van der Waals surface area contributed by atoms with Crippen LogP contribution in [0.4, 0.5) is 0 Å². The van der Waals surface area contributed by atoms with Gasteiger partial charge in [-0.15, -0.1) is 0 Å². The first kappa shape index (κ1) is 60.2. The minimum Gasteiger partial charge on any atom is -0.456 e. The SMILES string of the molecule is CC1(Cc2ccc3c(c2)c2ccccc2c2ccc4c(c5cc6ccccc6cc5n4-c4nc5c(nc4-c4ccc6oc7ccccc7c6c4)oc4ccccc45)c23)c2ccccc2-c2nc(-n3c4cc5ccccc5cc4c4c5c6ccccc6c6ccccc6c5ccc43)c(-c3ccc4oc5ccccc5c4c3)nc21. The van der Waals surface area contributed by atoms with Crippen molar-refractivity contribution in [1.82, 2.24) is 29.1 Å². The number of nitrogens with zero attached hydrogens (tertiary/aromatic N) is 6. The van der Waals surface area contributed by atoms with Crippen molar-refractivity contribution in [3.8, 4) is 45.4 Å². The predicted molar refractivity (Wildman–Crippen MR) is 461 cm³/mol. The van der Waals surface area contributed by atoms with Gasteiger partial charge in [-0.05, 0) is 197 Å². The maximum atomic E-state index is 6.62. The normalized spacial score (nSPS) is 14.0. The summed E-state index contributed by atoms with van der Waals surface area (Å²) in [6.07, 6.45) is 0.634. The quantitative estimate of drug-likeness (QED) is 0.153. The summed E-state index contributed by atoms with van der Waals surface area (Å²) < 4.78 is 24.4. The van der Waals surface area contributed by atoms with Crippen molar-refractivity contribution in [3.05, 3.63) is 338 Å². The molecule has 25 aromatic rings. The average molecular weight is 1430 g/mol. The molecule has 518 valence electrons. The van der Waals surface area contributed by atoms with Crippen LogP contribution in [0.3, 0.4) is 0 Å². The van der Waals surface area contributed by atoms with E-state index >= 15 is 0 Å². The van der Waals surface area contributed by atoms with Crippen LogP contribution >= 0.6 is 0 Å². The van der Waals surface area contributed by atoms with Crippen molar-refractivity contribution in [2.75, 3.05) is 0 Å². The van der Waals surface area contributed by atoms with Gasteiger partial charge in [0.1, 0.15) is 44.8 Å². The maximum absolute atomic E-state index is 6.62. The van der Waals surface area contributed by atoms with Crippen molar-refractivity contribution < 1.29 is 13.3 Å². The van der Waals surface area contributed by atoms with Crippen LogP contribution < -0.4 is 0 Å². The molecule has 1 atom stereocenters. The molecule has 7 aromatic heterocycles. The number of furan rings is 3. The van der Waals surface area contributed by atoms with Gasteiger partial charge < -0.3 is 13.3 Å². The number of benzene rings is 18. The third-order valence-electron chi connectivity index (χ3n) is 24.8.